The first-order chi connectivity index (χ1) is 7.39. The van der Waals surface area contributed by atoms with Crippen molar-refractivity contribution in [2.24, 2.45) is 0 Å². The molecular weight excluding hydrogens is 255 g/mol. The number of rotatable bonds is 1. The molecular formula is C10H7NaO5S. The molecule has 0 amide bonds. The second kappa shape index (κ2) is 4.83. The predicted molar refractivity (Wildman–Crippen MR) is 55.2 cm³/mol. The maximum atomic E-state index is 10.8. The third-order valence-corrected chi connectivity index (χ3v) is 3.06. The van der Waals surface area contributed by atoms with Gasteiger partial charge in [-0.2, -0.15) is 0 Å². The summed E-state index contributed by atoms with van der Waals surface area (Å²) in [6.07, 6.45) is 0. The average molecular weight is 262 g/mol. The zero-order chi connectivity index (χ0) is 11.9. The fourth-order valence-electron chi connectivity index (χ4n) is 1.45. The zero-order valence-electron chi connectivity index (χ0n) is 8.91. The Bertz CT molecular complexity index is 666. The standard InChI is InChI=1S/C10H8O5S.Na/c11-9-3-4-10(12)8-5-6(16(13,14)15)1-2-7(8)9;/h1-5,11-12H,(H,13,14,15);/q;+1/p-1. The van der Waals surface area contributed by atoms with Crippen molar-refractivity contribution in [3.05, 3.63) is 30.3 Å². The van der Waals surface area contributed by atoms with Gasteiger partial charge in [0.05, 0.1) is 4.90 Å². The van der Waals surface area contributed by atoms with E-state index in [1.54, 1.807) is 0 Å². The third kappa shape index (κ3) is 2.72. The van der Waals surface area contributed by atoms with Crippen LogP contribution in [0.1, 0.15) is 0 Å². The molecule has 84 valence electrons. The molecule has 0 aliphatic rings. The van der Waals surface area contributed by atoms with E-state index < -0.39 is 15.0 Å². The summed E-state index contributed by atoms with van der Waals surface area (Å²) in [4.78, 5) is -0.444. The van der Waals surface area contributed by atoms with Crippen LogP contribution in [0, 0.1) is 0 Å². The van der Waals surface area contributed by atoms with Gasteiger partial charge in [0.25, 0.3) is 0 Å². The van der Waals surface area contributed by atoms with Gasteiger partial charge < -0.3 is 14.8 Å². The van der Waals surface area contributed by atoms with Crippen molar-refractivity contribution in [1.29, 1.82) is 0 Å². The molecule has 0 aliphatic heterocycles. The minimum Gasteiger partial charge on any atom is -0.744 e. The van der Waals surface area contributed by atoms with Crippen LogP contribution < -0.4 is 29.6 Å². The quantitative estimate of drug-likeness (QED) is 0.357. The van der Waals surface area contributed by atoms with E-state index in [9.17, 15) is 23.2 Å². The van der Waals surface area contributed by atoms with Crippen molar-refractivity contribution in [3.63, 3.8) is 0 Å². The SMILES string of the molecule is O=S(=O)([O-])c1ccc2c(O)ccc(O)c2c1.[Na+]. The molecule has 0 radical (unpaired) electrons. The van der Waals surface area contributed by atoms with E-state index in [4.69, 9.17) is 0 Å². The van der Waals surface area contributed by atoms with Gasteiger partial charge in [-0.05, 0) is 30.3 Å². The molecule has 0 aliphatic carbocycles. The van der Waals surface area contributed by atoms with Crippen LogP contribution in [0.5, 0.6) is 11.5 Å². The van der Waals surface area contributed by atoms with Gasteiger partial charge in [-0.25, -0.2) is 8.42 Å². The normalized spacial score (nSPS) is 11.1. The van der Waals surface area contributed by atoms with Gasteiger partial charge in [0.15, 0.2) is 0 Å². The van der Waals surface area contributed by atoms with E-state index in [2.05, 4.69) is 0 Å². The van der Waals surface area contributed by atoms with Gasteiger partial charge in [-0.1, -0.05) is 0 Å². The molecule has 0 unspecified atom stereocenters. The molecule has 0 aromatic heterocycles. The summed E-state index contributed by atoms with van der Waals surface area (Å²) >= 11 is 0. The van der Waals surface area contributed by atoms with Crippen LogP contribution in [0.3, 0.4) is 0 Å². The Kier molecular flexibility index (Phi) is 4.06. The van der Waals surface area contributed by atoms with Gasteiger partial charge in [0.1, 0.15) is 21.6 Å². The molecule has 0 saturated carbocycles. The average Bonchev–Trinajstić information content (AvgIpc) is 2.22. The Hall–Kier alpha value is -0.790. The predicted octanol–water partition coefficient (Wildman–Crippen LogP) is -1.84. The van der Waals surface area contributed by atoms with Gasteiger partial charge in [-0.15, -0.1) is 0 Å². The fourth-order valence-corrected chi connectivity index (χ4v) is 1.95. The van der Waals surface area contributed by atoms with Crippen molar-refractivity contribution in [1.82, 2.24) is 0 Å². The summed E-state index contributed by atoms with van der Waals surface area (Å²) in [7, 11) is -4.57. The van der Waals surface area contributed by atoms with Crippen LogP contribution in [-0.2, 0) is 10.1 Å². The van der Waals surface area contributed by atoms with E-state index in [1.807, 2.05) is 0 Å². The van der Waals surface area contributed by atoms with Crippen molar-refractivity contribution < 1.29 is 52.7 Å². The second-order valence-corrected chi connectivity index (χ2v) is 4.64. The maximum Gasteiger partial charge on any atom is 1.00 e. The number of benzene rings is 2. The molecule has 2 aromatic rings. The summed E-state index contributed by atoms with van der Waals surface area (Å²) in [5, 5.41) is 19.3. The van der Waals surface area contributed by atoms with E-state index in [0.717, 1.165) is 12.1 Å². The van der Waals surface area contributed by atoms with Crippen LogP contribution in [0.2, 0.25) is 0 Å². The van der Waals surface area contributed by atoms with Gasteiger partial charge in [-0.3, -0.25) is 0 Å². The molecule has 2 N–H and O–H groups in total. The van der Waals surface area contributed by atoms with Gasteiger partial charge >= 0.3 is 29.6 Å². The largest absolute Gasteiger partial charge is 1.00 e. The van der Waals surface area contributed by atoms with Crippen LogP contribution in [0.25, 0.3) is 10.8 Å². The van der Waals surface area contributed by atoms with E-state index in [1.165, 1.54) is 18.2 Å². The minimum absolute atomic E-state index is 0. The summed E-state index contributed by atoms with van der Waals surface area (Å²) in [6, 6.07) is 5.90. The Morgan fingerprint density at radius 2 is 1.47 bits per heavy atom. The van der Waals surface area contributed by atoms with Gasteiger partial charge in [0.2, 0.25) is 0 Å². The summed E-state index contributed by atoms with van der Waals surface area (Å²) in [5.41, 5.74) is 0. The molecule has 5 nitrogen and oxygen atoms in total. The Labute approximate surface area is 120 Å². The zero-order valence-corrected chi connectivity index (χ0v) is 11.7. The first-order valence-corrected chi connectivity index (χ1v) is 5.71. The van der Waals surface area contributed by atoms with Crippen molar-refractivity contribution in [2.75, 3.05) is 0 Å². The summed E-state index contributed by atoms with van der Waals surface area (Å²) < 4.78 is 32.3. The van der Waals surface area contributed by atoms with E-state index in [0.29, 0.717) is 0 Å². The topological polar surface area (TPSA) is 97.7 Å². The van der Waals surface area contributed by atoms with Gasteiger partial charge in [0, 0.05) is 10.8 Å². The molecule has 17 heavy (non-hydrogen) atoms. The molecule has 7 heteroatoms. The van der Waals surface area contributed by atoms with E-state index in [-0.39, 0.29) is 51.8 Å². The molecule has 0 fully saturated rings. The molecule has 0 heterocycles. The first kappa shape index (κ1) is 14.3. The molecule has 0 spiro atoms. The first-order valence-electron chi connectivity index (χ1n) is 4.30. The Balaban J connectivity index is 0.00000144. The fraction of sp³-hybridized carbons (Fsp3) is 0. The smallest absolute Gasteiger partial charge is 0.744 e. The number of hydrogen-bond acceptors (Lipinski definition) is 5. The number of phenols is 2. The molecule has 0 atom stereocenters. The third-order valence-electron chi connectivity index (χ3n) is 2.23. The Morgan fingerprint density at radius 1 is 0.941 bits per heavy atom. The molecule has 0 bridgehead atoms. The van der Waals surface area contributed by atoms with Crippen LogP contribution in [0.4, 0.5) is 0 Å². The number of phenolic OH excluding ortho intramolecular Hbond substituents is 2. The van der Waals surface area contributed by atoms with Crippen molar-refractivity contribution in [2.45, 2.75) is 4.90 Å². The monoisotopic (exact) mass is 262 g/mol. The van der Waals surface area contributed by atoms with E-state index >= 15 is 0 Å². The second-order valence-electron chi connectivity index (χ2n) is 3.27. The molecule has 0 saturated heterocycles. The molecule has 2 rings (SSSR count). The van der Waals surface area contributed by atoms with Crippen molar-refractivity contribution in [3.8, 4) is 11.5 Å². The number of fused-ring (bicyclic) bond motifs is 1. The van der Waals surface area contributed by atoms with Crippen LogP contribution in [0.15, 0.2) is 35.2 Å². The number of hydrogen-bond donors (Lipinski definition) is 2. The maximum absolute atomic E-state index is 10.8. The number of aromatic hydroxyl groups is 2. The summed E-state index contributed by atoms with van der Waals surface area (Å²) in [6.45, 7) is 0. The van der Waals surface area contributed by atoms with Crippen LogP contribution in [-0.4, -0.2) is 23.2 Å². The minimum atomic E-state index is -4.57. The summed E-state index contributed by atoms with van der Waals surface area (Å²) in [5.74, 6) is -0.291. The Morgan fingerprint density at radius 3 is 2.00 bits per heavy atom. The molecule has 2 aromatic carbocycles. The van der Waals surface area contributed by atoms with Crippen molar-refractivity contribution >= 4 is 20.9 Å². The van der Waals surface area contributed by atoms with Crippen LogP contribution >= 0.6 is 0 Å².